The van der Waals surface area contributed by atoms with E-state index in [4.69, 9.17) is 0 Å². The fraction of sp³-hybridized carbons (Fsp3) is 0. The van der Waals surface area contributed by atoms with E-state index >= 15 is 0 Å². The van der Waals surface area contributed by atoms with Crippen molar-refractivity contribution >= 4 is 11.9 Å². The highest BCUT2D eigenvalue weighted by Gasteiger charge is 2.09. The van der Waals surface area contributed by atoms with Crippen molar-refractivity contribution < 1.29 is 4.79 Å². The summed E-state index contributed by atoms with van der Waals surface area (Å²) >= 11 is 0. The fourth-order valence-corrected chi connectivity index (χ4v) is 2.92. The monoisotopic (exact) mass is 308 g/mol. The normalized spacial score (nSPS) is 11.3. The Kier molecular flexibility index (Phi) is 3.68. The summed E-state index contributed by atoms with van der Waals surface area (Å²) in [5.41, 5.74) is 6.32. The minimum absolute atomic E-state index is 0.0272. The lowest BCUT2D eigenvalue weighted by molar-refractivity contribution is 0.104. The van der Waals surface area contributed by atoms with Gasteiger partial charge in [-0.1, -0.05) is 78.9 Å². The van der Waals surface area contributed by atoms with E-state index in [0.717, 1.165) is 22.3 Å². The summed E-state index contributed by atoms with van der Waals surface area (Å²) in [5.74, 6) is 0.0272. The van der Waals surface area contributed by atoms with Gasteiger partial charge in [0.05, 0.1) is 0 Å². The van der Waals surface area contributed by atoms with Gasteiger partial charge in [-0.3, -0.25) is 4.79 Å². The third kappa shape index (κ3) is 2.84. The molecule has 0 heterocycles. The van der Waals surface area contributed by atoms with Gasteiger partial charge in [-0.15, -0.1) is 0 Å². The molecular weight excluding hydrogens is 292 g/mol. The number of rotatable bonds is 3. The molecule has 4 rings (SSSR count). The highest BCUT2D eigenvalue weighted by Crippen LogP contribution is 2.25. The SMILES string of the molecule is O=C(/C=C/c1ccc2cccc-2cc1)c1cc2cccccc-2c1. The Morgan fingerprint density at radius 3 is 1.83 bits per heavy atom. The van der Waals surface area contributed by atoms with Crippen LogP contribution in [0.1, 0.15) is 15.9 Å². The summed E-state index contributed by atoms with van der Waals surface area (Å²) in [6, 6.07) is 28.4. The molecular formula is C23H16O. The van der Waals surface area contributed by atoms with E-state index in [1.54, 1.807) is 6.08 Å². The minimum Gasteiger partial charge on any atom is -0.289 e. The van der Waals surface area contributed by atoms with E-state index in [1.807, 2.05) is 66.7 Å². The van der Waals surface area contributed by atoms with Crippen LogP contribution in [-0.4, -0.2) is 5.78 Å². The Balaban J connectivity index is 1.61. The number of ketones is 1. The van der Waals surface area contributed by atoms with Gasteiger partial charge >= 0.3 is 0 Å². The lowest BCUT2D eigenvalue weighted by Gasteiger charge is -1.89. The second-order valence-corrected chi connectivity index (χ2v) is 5.87. The van der Waals surface area contributed by atoms with Crippen LogP contribution in [0.4, 0.5) is 0 Å². The second kappa shape index (κ2) is 6.13. The number of fused-ring (bicyclic) bond motifs is 2. The fourth-order valence-electron chi connectivity index (χ4n) is 2.92. The van der Waals surface area contributed by atoms with Gasteiger partial charge < -0.3 is 0 Å². The van der Waals surface area contributed by atoms with Crippen molar-refractivity contribution in [2.45, 2.75) is 0 Å². The van der Waals surface area contributed by atoms with Crippen LogP contribution in [0.15, 0.2) is 91.0 Å². The van der Waals surface area contributed by atoms with Crippen molar-refractivity contribution in [1.29, 1.82) is 0 Å². The van der Waals surface area contributed by atoms with Gasteiger partial charge in [-0.2, -0.15) is 0 Å². The molecule has 0 N–H and O–H groups in total. The minimum atomic E-state index is 0.0272. The maximum Gasteiger partial charge on any atom is 0.185 e. The van der Waals surface area contributed by atoms with Gasteiger partial charge in [0.15, 0.2) is 5.78 Å². The summed E-state index contributed by atoms with van der Waals surface area (Å²) in [7, 11) is 0. The smallest absolute Gasteiger partial charge is 0.185 e. The molecule has 0 amide bonds. The topological polar surface area (TPSA) is 17.1 Å². The summed E-state index contributed by atoms with van der Waals surface area (Å²) < 4.78 is 0. The van der Waals surface area contributed by atoms with E-state index in [9.17, 15) is 4.79 Å². The van der Waals surface area contributed by atoms with Gasteiger partial charge in [0.1, 0.15) is 0 Å². The Hall–Kier alpha value is -3.19. The van der Waals surface area contributed by atoms with Crippen LogP contribution < -0.4 is 0 Å². The predicted molar refractivity (Wildman–Crippen MR) is 99.5 cm³/mol. The van der Waals surface area contributed by atoms with Gasteiger partial charge in [-0.05, 0) is 46.0 Å². The number of hydrogen-bond donors (Lipinski definition) is 0. The molecule has 0 aromatic rings. The van der Waals surface area contributed by atoms with Crippen molar-refractivity contribution in [3.8, 4) is 22.3 Å². The standard InChI is InChI=1S/C23H16O/c24-23(22-15-20-5-2-1-3-6-21(20)16-22)14-11-17-9-12-18-7-4-8-19(18)13-10-17/h1-16H/b14-11+. The molecule has 4 aliphatic rings. The van der Waals surface area contributed by atoms with Crippen molar-refractivity contribution in [3.05, 3.63) is 102 Å². The zero-order chi connectivity index (χ0) is 16.4. The number of allylic oxidation sites excluding steroid dienone is 1. The van der Waals surface area contributed by atoms with E-state index in [-0.39, 0.29) is 5.78 Å². The third-order valence-corrected chi connectivity index (χ3v) is 4.24. The first-order valence-electron chi connectivity index (χ1n) is 8.00. The molecule has 0 atom stereocenters. The van der Waals surface area contributed by atoms with Crippen LogP contribution in [-0.2, 0) is 0 Å². The second-order valence-electron chi connectivity index (χ2n) is 5.87. The van der Waals surface area contributed by atoms with Crippen molar-refractivity contribution in [1.82, 2.24) is 0 Å². The zero-order valence-corrected chi connectivity index (χ0v) is 13.1. The largest absolute Gasteiger partial charge is 0.289 e. The van der Waals surface area contributed by atoms with Gasteiger partial charge in [0.25, 0.3) is 0 Å². The molecule has 0 spiro atoms. The quantitative estimate of drug-likeness (QED) is 0.346. The highest BCUT2D eigenvalue weighted by molar-refractivity contribution is 6.08. The molecule has 1 heteroatoms. The maximum absolute atomic E-state index is 12.4. The molecule has 0 fully saturated rings. The van der Waals surface area contributed by atoms with E-state index < -0.39 is 0 Å². The van der Waals surface area contributed by atoms with Crippen LogP contribution in [0.2, 0.25) is 0 Å². The Bertz CT molecular complexity index is 919. The molecule has 24 heavy (non-hydrogen) atoms. The average Bonchev–Trinajstić information content (AvgIpc) is 3.09. The summed E-state index contributed by atoms with van der Waals surface area (Å²) in [6.07, 6.45) is 3.52. The number of carbonyl (C=O) groups excluding carboxylic acids is 1. The van der Waals surface area contributed by atoms with Crippen molar-refractivity contribution in [3.63, 3.8) is 0 Å². The molecule has 0 unspecified atom stereocenters. The molecule has 114 valence electrons. The zero-order valence-electron chi connectivity index (χ0n) is 13.1. The van der Waals surface area contributed by atoms with Gasteiger partial charge in [0, 0.05) is 5.56 Å². The van der Waals surface area contributed by atoms with Crippen LogP contribution in [0.5, 0.6) is 0 Å². The lowest BCUT2D eigenvalue weighted by atomic mass is 10.1. The summed E-state index contributed by atoms with van der Waals surface area (Å²) in [4.78, 5) is 12.4. The highest BCUT2D eigenvalue weighted by atomic mass is 16.1. The third-order valence-electron chi connectivity index (χ3n) is 4.24. The first kappa shape index (κ1) is 14.4. The van der Waals surface area contributed by atoms with Crippen LogP contribution in [0.25, 0.3) is 28.3 Å². The molecule has 1 nitrogen and oxygen atoms in total. The van der Waals surface area contributed by atoms with Crippen molar-refractivity contribution in [2.24, 2.45) is 0 Å². The summed E-state index contributed by atoms with van der Waals surface area (Å²) in [6.45, 7) is 0. The maximum atomic E-state index is 12.4. The Morgan fingerprint density at radius 2 is 1.21 bits per heavy atom. The lowest BCUT2D eigenvalue weighted by Crippen LogP contribution is -1.89. The van der Waals surface area contributed by atoms with E-state index in [2.05, 4.69) is 24.3 Å². The van der Waals surface area contributed by atoms with Gasteiger partial charge in [0.2, 0.25) is 0 Å². The average molecular weight is 308 g/mol. The Labute approximate surface area is 141 Å². The van der Waals surface area contributed by atoms with Crippen LogP contribution in [0.3, 0.4) is 0 Å². The Morgan fingerprint density at radius 1 is 0.625 bits per heavy atom. The molecule has 0 saturated carbocycles. The molecule has 0 aliphatic heterocycles. The molecule has 0 bridgehead atoms. The number of hydrogen-bond acceptors (Lipinski definition) is 1. The van der Waals surface area contributed by atoms with Crippen molar-refractivity contribution in [2.75, 3.05) is 0 Å². The molecule has 0 radical (unpaired) electrons. The first-order valence-corrected chi connectivity index (χ1v) is 8.00. The molecule has 4 aliphatic carbocycles. The van der Waals surface area contributed by atoms with E-state index in [0.29, 0.717) is 0 Å². The predicted octanol–water partition coefficient (Wildman–Crippen LogP) is 5.79. The van der Waals surface area contributed by atoms with Crippen LogP contribution >= 0.6 is 0 Å². The van der Waals surface area contributed by atoms with E-state index in [1.165, 1.54) is 11.1 Å². The molecule has 0 saturated heterocycles. The molecule has 0 aromatic heterocycles. The summed E-state index contributed by atoms with van der Waals surface area (Å²) in [5, 5.41) is 0. The first-order chi connectivity index (χ1) is 11.8. The number of carbonyl (C=O) groups is 1. The van der Waals surface area contributed by atoms with Gasteiger partial charge in [-0.25, -0.2) is 0 Å². The van der Waals surface area contributed by atoms with Crippen LogP contribution in [0, 0.1) is 0 Å². The molecule has 0 aromatic carbocycles.